The van der Waals surface area contributed by atoms with Gasteiger partial charge in [0.05, 0.1) is 13.2 Å². The van der Waals surface area contributed by atoms with E-state index in [9.17, 15) is 9.59 Å². The van der Waals surface area contributed by atoms with E-state index in [1.165, 1.54) is 4.90 Å². The van der Waals surface area contributed by atoms with Gasteiger partial charge in [0.25, 0.3) is 0 Å². The summed E-state index contributed by atoms with van der Waals surface area (Å²) in [5, 5.41) is 11.7. The van der Waals surface area contributed by atoms with Gasteiger partial charge in [-0.2, -0.15) is 0 Å². The molecule has 0 radical (unpaired) electrons. The van der Waals surface area contributed by atoms with Crippen LogP contribution in [0, 0.1) is 5.92 Å². The molecule has 2 amide bonds. The first-order chi connectivity index (χ1) is 9.10. The number of urea groups is 1. The molecule has 0 aromatic heterocycles. The normalized spacial score (nSPS) is 15.9. The van der Waals surface area contributed by atoms with E-state index in [1.807, 2.05) is 0 Å². The molecule has 110 valence electrons. The van der Waals surface area contributed by atoms with Crippen molar-refractivity contribution in [1.82, 2.24) is 10.2 Å². The summed E-state index contributed by atoms with van der Waals surface area (Å²) in [6.45, 7) is 1.61. The van der Waals surface area contributed by atoms with Gasteiger partial charge in [-0.05, 0) is 18.8 Å². The van der Waals surface area contributed by atoms with Gasteiger partial charge in [-0.15, -0.1) is 0 Å². The molecule has 1 aliphatic rings. The van der Waals surface area contributed by atoms with E-state index in [-0.39, 0.29) is 11.9 Å². The standard InChI is InChI=1S/C12H22N2O5/c1-18-7-5-14(6-8-19-2)12(17)13-10(11(15)16)9-3-4-9/h9-10H,3-8H2,1-2H3,(H,13,17)(H,15,16). The molecule has 0 aromatic rings. The van der Waals surface area contributed by atoms with Crippen LogP contribution in [0.15, 0.2) is 0 Å². The van der Waals surface area contributed by atoms with Crippen LogP contribution in [-0.2, 0) is 14.3 Å². The highest BCUT2D eigenvalue weighted by Gasteiger charge is 2.37. The summed E-state index contributed by atoms with van der Waals surface area (Å²) in [6, 6.07) is -1.17. The summed E-state index contributed by atoms with van der Waals surface area (Å²) in [4.78, 5) is 24.6. The van der Waals surface area contributed by atoms with E-state index in [4.69, 9.17) is 14.6 Å². The Morgan fingerprint density at radius 1 is 1.26 bits per heavy atom. The van der Waals surface area contributed by atoms with Crippen LogP contribution >= 0.6 is 0 Å². The lowest BCUT2D eigenvalue weighted by Gasteiger charge is -2.24. The molecule has 0 aromatic carbocycles. The molecule has 0 spiro atoms. The third kappa shape index (κ3) is 5.44. The summed E-state index contributed by atoms with van der Waals surface area (Å²) < 4.78 is 9.87. The lowest BCUT2D eigenvalue weighted by molar-refractivity contribution is -0.139. The Balaban J connectivity index is 2.50. The number of aliphatic carboxylic acids is 1. The first-order valence-electron chi connectivity index (χ1n) is 6.36. The Hall–Kier alpha value is -1.34. The fraction of sp³-hybridized carbons (Fsp3) is 0.833. The number of rotatable bonds is 9. The Labute approximate surface area is 112 Å². The van der Waals surface area contributed by atoms with E-state index in [0.717, 1.165) is 12.8 Å². The maximum Gasteiger partial charge on any atom is 0.326 e. The van der Waals surface area contributed by atoms with Crippen LogP contribution in [0.3, 0.4) is 0 Å². The van der Waals surface area contributed by atoms with Crippen molar-refractivity contribution < 1.29 is 24.2 Å². The van der Waals surface area contributed by atoms with Gasteiger partial charge in [-0.1, -0.05) is 0 Å². The zero-order valence-corrected chi connectivity index (χ0v) is 11.4. The number of nitrogens with one attached hydrogen (secondary N) is 1. The Morgan fingerprint density at radius 3 is 2.16 bits per heavy atom. The summed E-state index contributed by atoms with van der Waals surface area (Å²) in [5.41, 5.74) is 0. The van der Waals surface area contributed by atoms with Crippen molar-refractivity contribution in [2.45, 2.75) is 18.9 Å². The summed E-state index contributed by atoms with van der Waals surface area (Å²) in [6.07, 6.45) is 1.71. The molecule has 1 saturated carbocycles. The van der Waals surface area contributed by atoms with Gasteiger partial charge in [-0.25, -0.2) is 9.59 Å². The molecule has 7 heteroatoms. The molecule has 0 saturated heterocycles. The predicted molar refractivity (Wildman–Crippen MR) is 68.0 cm³/mol. The number of carboxylic acids is 1. The Morgan fingerprint density at radius 2 is 1.79 bits per heavy atom. The van der Waals surface area contributed by atoms with Gasteiger partial charge in [0.15, 0.2) is 0 Å². The third-order valence-corrected chi connectivity index (χ3v) is 3.06. The van der Waals surface area contributed by atoms with Crippen molar-refractivity contribution >= 4 is 12.0 Å². The topological polar surface area (TPSA) is 88.1 Å². The maximum atomic E-state index is 12.0. The molecule has 0 heterocycles. The molecule has 19 heavy (non-hydrogen) atoms. The fourth-order valence-electron chi connectivity index (χ4n) is 1.75. The van der Waals surface area contributed by atoms with Crippen molar-refractivity contribution in [2.75, 3.05) is 40.5 Å². The number of hydrogen-bond acceptors (Lipinski definition) is 4. The summed E-state index contributed by atoms with van der Waals surface area (Å²) >= 11 is 0. The molecular weight excluding hydrogens is 252 g/mol. The third-order valence-electron chi connectivity index (χ3n) is 3.06. The molecule has 1 fully saturated rings. The Bertz CT molecular complexity index is 298. The average Bonchev–Trinajstić information content (AvgIpc) is 3.19. The number of carbonyl (C=O) groups is 2. The van der Waals surface area contributed by atoms with Crippen molar-refractivity contribution in [2.24, 2.45) is 5.92 Å². The van der Waals surface area contributed by atoms with E-state index in [1.54, 1.807) is 14.2 Å². The SMILES string of the molecule is COCCN(CCOC)C(=O)NC(C(=O)O)C1CC1. The van der Waals surface area contributed by atoms with Crippen LogP contribution in [0.25, 0.3) is 0 Å². The minimum Gasteiger partial charge on any atom is -0.480 e. The smallest absolute Gasteiger partial charge is 0.326 e. The van der Waals surface area contributed by atoms with Gasteiger partial charge in [0.1, 0.15) is 6.04 Å². The first-order valence-corrected chi connectivity index (χ1v) is 6.36. The molecular formula is C12H22N2O5. The van der Waals surface area contributed by atoms with Gasteiger partial charge in [0, 0.05) is 27.3 Å². The highest BCUT2D eigenvalue weighted by Crippen LogP contribution is 2.32. The molecule has 0 bridgehead atoms. The van der Waals surface area contributed by atoms with Gasteiger partial charge in [-0.3, -0.25) is 0 Å². The predicted octanol–water partition coefficient (Wildman–Crippen LogP) is 0.154. The number of amides is 2. The van der Waals surface area contributed by atoms with Crippen molar-refractivity contribution in [3.63, 3.8) is 0 Å². The molecule has 1 rings (SSSR count). The van der Waals surface area contributed by atoms with Crippen molar-refractivity contribution in [1.29, 1.82) is 0 Å². The van der Waals surface area contributed by atoms with E-state index < -0.39 is 12.0 Å². The van der Waals surface area contributed by atoms with Crippen LogP contribution in [0.2, 0.25) is 0 Å². The number of carbonyl (C=O) groups excluding carboxylic acids is 1. The second kappa shape index (κ2) is 7.96. The minimum atomic E-state index is -0.978. The zero-order valence-electron chi connectivity index (χ0n) is 11.4. The number of carboxylic acid groups (broad SMARTS) is 1. The van der Waals surface area contributed by atoms with E-state index in [0.29, 0.717) is 26.3 Å². The van der Waals surface area contributed by atoms with Crippen LogP contribution < -0.4 is 5.32 Å². The monoisotopic (exact) mass is 274 g/mol. The highest BCUT2D eigenvalue weighted by atomic mass is 16.5. The number of hydrogen-bond donors (Lipinski definition) is 2. The second-order valence-corrected chi connectivity index (χ2v) is 4.58. The second-order valence-electron chi connectivity index (χ2n) is 4.58. The van der Waals surface area contributed by atoms with Crippen LogP contribution in [0.1, 0.15) is 12.8 Å². The van der Waals surface area contributed by atoms with Crippen LogP contribution in [0.4, 0.5) is 4.79 Å². The first kappa shape index (κ1) is 15.7. The lowest BCUT2D eigenvalue weighted by Crippen LogP contribution is -2.50. The number of ether oxygens (including phenoxy) is 2. The van der Waals surface area contributed by atoms with Gasteiger partial charge in [0.2, 0.25) is 0 Å². The maximum absolute atomic E-state index is 12.0. The van der Waals surface area contributed by atoms with Gasteiger partial charge >= 0.3 is 12.0 Å². The molecule has 0 aliphatic heterocycles. The van der Waals surface area contributed by atoms with Crippen molar-refractivity contribution in [3.05, 3.63) is 0 Å². The fourth-order valence-corrected chi connectivity index (χ4v) is 1.75. The van der Waals surface area contributed by atoms with E-state index in [2.05, 4.69) is 5.32 Å². The quantitative estimate of drug-likeness (QED) is 0.625. The molecule has 2 N–H and O–H groups in total. The van der Waals surface area contributed by atoms with E-state index >= 15 is 0 Å². The lowest BCUT2D eigenvalue weighted by atomic mass is 10.2. The summed E-state index contributed by atoms with van der Waals surface area (Å²) in [5.74, 6) is -0.914. The zero-order chi connectivity index (χ0) is 14.3. The number of nitrogens with zero attached hydrogens (tertiary/aromatic N) is 1. The number of methoxy groups -OCH3 is 2. The highest BCUT2D eigenvalue weighted by molar-refractivity contribution is 5.83. The molecule has 7 nitrogen and oxygen atoms in total. The summed E-state index contributed by atoms with van der Waals surface area (Å²) in [7, 11) is 3.10. The molecule has 1 unspecified atom stereocenters. The van der Waals surface area contributed by atoms with Crippen LogP contribution in [-0.4, -0.2) is 68.6 Å². The van der Waals surface area contributed by atoms with Crippen LogP contribution in [0.5, 0.6) is 0 Å². The minimum absolute atomic E-state index is 0.0631. The average molecular weight is 274 g/mol. The van der Waals surface area contributed by atoms with Gasteiger partial charge < -0.3 is 24.8 Å². The molecule has 1 atom stereocenters. The largest absolute Gasteiger partial charge is 0.480 e. The molecule has 1 aliphatic carbocycles. The van der Waals surface area contributed by atoms with Crippen molar-refractivity contribution in [3.8, 4) is 0 Å². The Kier molecular flexibility index (Phi) is 6.58.